The molecule has 4 nitrogen and oxygen atoms in total. The van der Waals surface area contributed by atoms with Crippen LogP contribution in [0.4, 0.5) is 0 Å². The molecule has 0 atom stereocenters. The van der Waals surface area contributed by atoms with E-state index in [0.717, 1.165) is 25.1 Å². The Morgan fingerprint density at radius 3 is 2.38 bits per heavy atom. The van der Waals surface area contributed by atoms with Crippen molar-refractivity contribution in [2.45, 2.75) is 19.3 Å². The number of rotatable bonds is 10. The van der Waals surface area contributed by atoms with Gasteiger partial charge in [0.2, 0.25) is 0 Å². The van der Waals surface area contributed by atoms with E-state index >= 15 is 0 Å². The minimum Gasteiger partial charge on any atom is -0.494 e. The number of methoxy groups -OCH3 is 1. The summed E-state index contributed by atoms with van der Waals surface area (Å²) in [4.78, 5) is 10.9. The third-order valence-corrected chi connectivity index (χ3v) is 3.67. The Kier molecular flexibility index (Phi) is 7.84. The first kappa shape index (κ1) is 18.0. The Morgan fingerprint density at radius 1 is 0.958 bits per heavy atom. The van der Waals surface area contributed by atoms with Gasteiger partial charge in [0, 0.05) is 6.54 Å². The van der Waals surface area contributed by atoms with Crippen molar-refractivity contribution < 1.29 is 14.3 Å². The Hall–Kier alpha value is -2.33. The number of nitrogens with one attached hydrogen (secondary N) is 1. The maximum Gasteiger partial charge on any atom is 0.306 e. The summed E-state index contributed by atoms with van der Waals surface area (Å²) in [7, 11) is 1.40. The number of hydrogen-bond acceptors (Lipinski definition) is 4. The number of esters is 1. The fourth-order valence-electron chi connectivity index (χ4n) is 2.34. The van der Waals surface area contributed by atoms with Gasteiger partial charge in [-0.1, -0.05) is 42.5 Å². The molecule has 0 aliphatic heterocycles. The molecule has 2 aromatic rings. The summed E-state index contributed by atoms with van der Waals surface area (Å²) in [6.45, 7) is 2.12. The van der Waals surface area contributed by atoms with E-state index in [0.29, 0.717) is 19.6 Å². The van der Waals surface area contributed by atoms with Crippen molar-refractivity contribution in [3.63, 3.8) is 0 Å². The zero-order valence-electron chi connectivity index (χ0n) is 14.2. The monoisotopic (exact) mass is 327 g/mol. The highest BCUT2D eigenvalue weighted by atomic mass is 16.5. The van der Waals surface area contributed by atoms with Crippen molar-refractivity contribution >= 4 is 5.97 Å². The SMILES string of the molecule is COC(=O)CCNCCCOc1ccc(Cc2ccccc2)cc1. The van der Waals surface area contributed by atoms with Gasteiger partial charge in [-0.2, -0.15) is 0 Å². The molecule has 4 heteroatoms. The lowest BCUT2D eigenvalue weighted by Crippen LogP contribution is -2.21. The summed E-state index contributed by atoms with van der Waals surface area (Å²) in [6.07, 6.45) is 2.23. The van der Waals surface area contributed by atoms with Gasteiger partial charge >= 0.3 is 5.97 Å². The Morgan fingerprint density at radius 2 is 1.67 bits per heavy atom. The van der Waals surface area contributed by atoms with Gasteiger partial charge in [-0.25, -0.2) is 0 Å². The number of carbonyl (C=O) groups excluding carboxylic acids is 1. The average Bonchev–Trinajstić information content (AvgIpc) is 2.63. The highest BCUT2D eigenvalue weighted by molar-refractivity contribution is 5.69. The van der Waals surface area contributed by atoms with Crippen LogP contribution in [0.25, 0.3) is 0 Å². The van der Waals surface area contributed by atoms with E-state index in [1.54, 1.807) is 0 Å². The molecule has 2 aromatic carbocycles. The lowest BCUT2D eigenvalue weighted by atomic mass is 10.1. The van der Waals surface area contributed by atoms with Crippen molar-refractivity contribution in [3.05, 3.63) is 65.7 Å². The first-order chi connectivity index (χ1) is 11.8. The number of benzene rings is 2. The smallest absolute Gasteiger partial charge is 0.306 e. The maximum absolute atomic E-state index is 10.9. The molecule has 0 aromatic heterocycles. The molecule has 0 amide bonds. The van der Waals surface area contributed by atoms with Crippen LogP contribution in [0, 0.1) is 0 Å². The van der Waals surface area contributed by atoms with Gasteiger partial charge < -0.3 is 14.8 Å². The maximum atomic E-state index is 10.9. The van der Waals surface area contributed by atoms with Crippen molar-refractivity contribution in [3.8, 4) is 5.75 Å². The Balaban J connectivity index is 1.61. The van der Waals surface area contributed by atoms with E-state index in [2.05, 4.69) is 46.5 Å². The third-order valence-electron chi connectivity index (χ3n) is 3.67. The first-order valence-electron chi connectivity index (χ1n) is 8.31. The molecule has 128 valence electrons. The number of hydrogen-bond donors (Lipinski definition) is 1. The highest BCUT2D eigenvalue weighted by Gasteiger charge is 1.99. The molecule has 0 aliphatic rings. The molecule has 0 aliphatic carbocycles. The third kappa shape index (κ3) is 6.84. The van der Waals surface area contributed by atoms with Gasteiger partial charge in [-0.3, -0.25) is 4.79 Å². The van der Waals surface area contributed by atoms with Gasteiger partial charge in [-0.15, -0.1) is 0 Å². The van der Waals surface area contributed by atoms with E-state index in [1.807, 2.05) is 18.2 Å². The number of ether oxygens (including phenoxy) is 2. The van der Waals surface area contributed by atoms with Crippen molar-refractivity contribution in [1.29, 1.82) is 0 Å². The standard InChI is InChI=1S/C20H25NO3/c1-23-20(22)12-14-21-13-5-15-24-19-10-8-18(9-11-19)16-17-6-3-2-4-7-17/h2-4,6-11,21H,5,12-16H2,1H3. The first-order valence-corrected chi connectivity index (χ1v) is 8.31. The van der Waals surface area contributed by atoms with E-state index in [4.69, 9.17) is 4.74 Å². The molecular formula is C20H25NO3. The zero-order chi connectivity index (χ0) is 17.0. The molecule has 0 heterocycles. The van der Waals surface area contributed by atoms with Crippen LogP contribution in [0.3, 0.4) is 0 Å². The van der Waals surface area contributed by atoms with Gasteiger partial charge in [0.1, 0.15) is 5.75 Å². The molecule has 0 saturated carbocycles. The largest absolute Gasteiger partial charge is 0.494 e. The van der Waals surface area contributed by atoms with Crippen molar-refractivity contribution in [2.75, 3.05) is 26.8 Å². The second-order valence-electron chi connectivity index (χ2n) is 5.58. The summed E-state index contributed by atoms with van der Waals surface area (Å²) in [5.41, 5.74) is 2.59. The van der Waals surface area contributed by atoms with Gasteiger partial charge in [0.15, 0.2) is 0 Å². The average molecular weight is 327 g/mol. The number of carbonyl (C=O) groups is 1. The normalized spacial score (nSPS) is 10.4. The molecule has 0 saturated heterocycles. The minimum atomic E-state index is -0.186. The quantitative estimate of drug-likeness (QED) is 0.538. The van der Waals surface area contributed by atoms with E-state index < -0.39 is 0 Å². The molecule has 0 spiro atoms. The Bertz CT molecular complexity index is 596. The fraction of sp³-hybridized carbons (Fsp3) is 0.350. The summed E-state index contributed by atoms with van der Waals surface area (Å²) >= 11 is 0. The lowest BCUT2D eigenvalue weighted by molar-refractivity contribution is -0.140. The van der Waals surface area contributed by atoms with E-state index in [9.17, 15) is 4.79 Å². The molecule has 0 radical (unpaired) electrons. The zero-order valence-corrected chi connectivity index (χ0v) is 14.2. The van der Waals surface area contributed by atoms with E-state index in [1.165, 1.54) is 18.2 Å². The molecular weight excluding hydrogens is 302 g/mol. The van der Waals surface area contributed by atoms with Gasteiger partial charge in [0.25, 0.3) is 0 Å². The molecule has 0 unspecified atom stereocenters. The van der Waals surface area contributed by atoms with E-state index in [-0.39, 0.29) is 5.97 Å². The predicted octanol–water partition coefficient (Wildman–Crippen LogP) is 3.20. The van der Waals surface area contributed by atoms with Crippen LogP contribution in [0.1, 0.15) is 24.0 Å². The summed E-state index contributed by atoms with van der Waals surface area (Å²) in [6, 6.07) is 18.7. The molecule has 24 heavy (non-hydrogen) atoms. The van der Waals surface area contributed by atoms with Crippen LogP contribution in [0.15, 0.2) is 54.6 Å². The van der Waals surface area contributed by atoms with Crippen LogP contribution in [0.2, 0.25) is 0 Å². The molecule has 2 rings (SSSR count). The minimum absolute atomic E-state index is 0.186. The highest BCUT2D eigenvalue weighted by Crippen LogP contribution is 2.15. The lowest BCUT2D eigenvalue weighted by Gasteiger charge is -2.08. The van der Waals surface area contributed by atoms with Crippen molar-refractivity contribution in [2.24, 2.45) is 0 Å². The van der Waals surface area contributed by atoms with Crippen molar-refractivity contribution in [1.82, 2.24) is 5.32 Å². The molecule has 1 N–H and O–H groups in total. The fourth-order valence-corrected chi connectivity index (χ4v) is 2.34. The molecule has 0 fully saturated rings. The van der Waals surface area contributed by atoms with Crippen LogP contribution in [-0.2, 0) is 16.0 Å². The van der Waals surface area contributed by atoms with Gasteiger partial charge in [0.05, 0.1) is 20.1 Å². The summed E-state index contributed by atoms with van der Waals surface area (Å²) in [5.74, 6) is 0.704. The van der Waals surface area contributed by atoms with Gasteiger partial charge in [-0.05, 0) is 42.6 Å². The van der Waals surface area contributed by atoms with Crippen LogP contribution < -0.4 is 10.1 Å². The topological polar surface area (TPSA) is 47.6 Å². The second kappa shape index (κ2) is 10.4. The summed E-state index contributed by atoms with van der Waals surface area (Å²) in [5, 5.41) is 3.19. The Labute approximate surface area is 143 Å². The molecule has 0 bridgehead atoms. The van der Waals surface area contributed by atoms with Crippen LogP contribution in [0.5, 0.6) is 5.75 Å². The van der Waals surface area contributed by atoms with Crippen LogP contribution in [-0.4, -0.2) is 32.8 Å². The predicted molar refractivity (Wildman–Crippen MR) is 95.3 cm³/mol. The summed E-state index contributed by atoms with van der Waals surface area (Å²) < 4.78 is 10.3. The van der Waals surface area contributed by atoms with Crippen LogP contribution >= 0.6 is 0 Å². The second-order valence-corrected chi connectivity index (χ2v) is 5.58.